The summed E-state index contributed by atoms with van der Waals surface area (Å²) in [5.74, 6) is 0.502. The van der Waals surface area contributed by atoms with Gasteiger partial charge < -0.3 is 14.8 Å². The Hall–Kier alpha value is -1.62. The lowest BCUT2D eigenvalue weighted by Gasteiger charge is -2.19. The minimum absolute atomic E-state index is 0.170. The lowest BCUT2D eigenvalue weighted by molar-refractivity contribution is -0.144. The topological polar surface area (TPSA) is 60.5 Å². The fourth-order valence-electron chi connectivity index (χ4n) is 1.58. The van der Waals surface area contributed by atoms with Crippen LogP contribution in [0.3, 0.4) is 0 Å². The molecule has 0 saturated heterocycles. The van der Waals surface area contributed by atoms with Crippen molar-refractivity contribution in [3.63, 3.8) is 0 Å². The molecule has 1 rings (SSSR count). The molecule has 0 aliphatic heterocycles. The van der Waals surface area contributed by atoms with E-state index in [-0.39, 0.29) is 17.9 Å². The van der Waals surface area contributed by atoms with Gasteiger partial charge in [0.05, 0.1) is 14.2 Å². The highest BCUT2D eigenvalue weighted by Gasteiger charge is 2.21. The van der Waals surface area contributed by atoms with Crippen LogP contribution >= 0.6 is 0 Å². The second-order valence-electron chi connectivity index (χ2n) is 4.33. The van der Waals surface area contributed by atoms with Crippen LogP contribution in [0.4, 0.5) is 0 Å². The molecular weight excluding hydrogens is 232 g/mol. The van der Waals surface area contributed by atoms with Crippen LogP contribution in [0.25, 0.3) is 0 Å². The Morgan fingerprint density at radius 1 is 1.39 bits per heavy atom. The molecule has 0 aliphatic carbocycles. The van der Waals surface area contributed by atoms with Crippen LogP contribution in [0, 0.1) is 5.92 Å². The summed E-state index contributed by atoms with van der Waals surface area (Å²) >= 11 is 0. The van der Waals surface area contributed by atoms with E-state index in [1.165, 1.54) is 7.11 Å². The number of pyridine rings is 1. The summed E-state index contributed by atoms with van der Waals surface area (Å²) in [6.45, 7) is 4.51. The van der Waals surface area contributed by atoms with Gasteiger partial charge >= 0.3 is 5.97 Å². The van der Waals surface area contributed by atoms with Crippen LogP contribution < -0.4 is 10.1 Å². The SMILES string of the molecule is COC(=O)C(NCc1ccc(OC)nc1)C(C)C. The highest BCUT2D eigenvalue weighted by atomic mass is 16.5. The van der Waals surface area contributed by atoms with Crippen molar-refractivity contribution in [1.29, 1.82) is 0 Å². The summed E-state index contributed by atoms with van der Waals surface area (Å²) in [6.07, 6.45) is 1.72. The van der Waals surface area contributed by atoms with Gasteiger partial charge in [0.1, 0.15) is 6.04 Å². The van der Waals surface area contributed by atoms with Gasteiger partial charge in [-0.3, -0.25) is 4.79 Å². The molecule has 0 amide bonds. The molecule has 1 atom stereocenters. The van der Waals surface area contributed by atoms with Gasteiger partial charge in [-0.25, -0.2) is 4.98 Å². The number of carbonyl (C=O) groups excluding carboxylic acids is 1. The Bertz CT molecular complexity index is 376. The molecule has 0 aliphatic rings. The van der Waals surface area contributed by atoms with Gasteiger partial charge in [-0.1, -0.05) is 19.9 Å². The molecule has 0 saturated carbocycles. The van der Waals surface area contributed by atoms with Crippen molar-refractivity contribution in [3.8, 4) is 5.88 Å². The van der Waals surface area contributed by atoms with E-state index < -0.39 is 0 Å². The number of aromatic nitrogens is 1. The number of nitrogens with one attached hydrogen (secondary N) is 1. The van der Waals surface area contributed by atoms with Gasteiger partial charge in [0.15, 0.2) is 0 Å². The predicted octanol–water partition coefficient (Wildman–Crippen LogP) is 1.38. The number of esters is 1. The van der Waals surface area contributed by atoms with Crippen molar-refractivity contribution in [3.05, 3.63) is 23.9 Å². The molecular formula is C13H20N2O3. The molecule has 18 heavy (non-hydrogen) atoms. The number of carbonyl (C=O) groups is 1. The van der Waals surface area contributed by atoms with Crippen molar-refractivity contribution in [1.82, 2.24) is 10.3 Å². The number of hydrogen-bond donors (Lipinski definition) is 1. The van der Waals surface area contributed by atoms with Gasteiger partial charge in [-0.15, -0.1) is 0 Å². The highest BCUT2D eigenvalue weighted by Crippen LogP contribution is 2.08. The van der Waals surface area contributed by atoms with E-state index in [1.807, 2.05) is 19.9 Å². The van der Waals surface area contributed by atoms with Crippen LogP contribution in [0.15, 0.2) is 18.3 Å². The predicted molar refractivity (Wildman–Crippen MR) is 68.3 cm³/mol. The third-order valence-electron chi connectivity index (χ3n) is 2.65. The fraction of sp³-hybridized carbons (Fsp3) is 0.538. The molecule has 1 unspecified atom stereocenters. The average Bonchev–Trinajstić information content (AvgIpc) is 2.39. The summed E-state index contributed by atoms with van der Waals surface area (Å²) in [5, 5.41) is 3.17. The fourth-order valence-corrected chi connectivity index (χ4v) is 1.58. The third kappa shape index (κ3) is 4.00. The Morgan fingerprint density at radius 3 is 2.56 bits per heavy atom. The minimum atomic E-state index is -0.308. The summed E-state index contributed by atoms with van der Waals surface area (Å²) < 4.78 is 9.74. The number of nitrogens with zero attached hydrogens (tertiary/aromatic N) is 1. The standard InChI is InChI=1S/C13H20N2O3/c1-9(2)12(13(16)18-4)15-8-10-5-6-11(17-3)14-7-10/h5-7,9,12,15H,8H2,1-4H3. The van der Waals surface area contributed by atoms with Gasteiger partial charge in [-0.2, -0.15) is 0 Å². The molecule has 1 heterocycles. The maximum atomic E-state index is 11.6. The number of ether oxygens (including phenoxy) is 2. The molecule has 5 nitrogen and oxygen atoms in total. The third-order valence-corrected chi connectivity index (χ3v) is 2.65. The first-order chi connectivity index (χ1) is 8.58. The van der Waals surface area contributed by atoms with Gasteiger partial charge in [0.25, 0.3) is 0 Å². The molecule has 0 spiro atoms. The summed E-state index contributed by atoms with van der Waals surface area (Å²) in [7, 11) is 2.97. The Kier molecular flexibility index (Phi) is 5.58. The molecule has 0 fully saturated rings. The summed E-state index contributed by atoms with van der Waals surface area (Å²) in [6, 6.07) is 3.39. The maximum Gasteiger partial charge on any atom is 0.323 e. The van der Waals surface area contributed by atoms with E-state index in [4.69, 9.17) is 9.47 Å². The van der Waals surface area contributed by atoms with Crippen LogP contribution in [-0.2, 0) is 16.1 Å². The molecule has 0 bridgehead atoms. The zero-order chi connectivity index (χ0) is 13.5. The summed E-state index contributed by atoms with van der Waals surface area (Å²) in [5.41, 5.74) is 0.991. The molecule has 1 N–H and O–H groups in total. The maximum absolute atomic E-state index is 11.6. The molecule has 0 radical (unpaired) electrons. The second-order valence-corrected chi connectivity index (χ2v) is 4.33. The van der Waals surface area contributed by atoms with Crippen molar-refractivity contribution in [2.24, 2.45) is 5.92 Å². The largest absolute Gasteiger partial charge is 0.481 e. The molecule has 1 aromatic heterocycles. The van der Waals surface area contributed by atoms with E-state index in [9.17, 15) is 4.79 Å². The van der Waals surface area contributed by atoms with Crippen molar-refractivity contribution >= 4 is 5.97 Å². The first-order valence-electron chi connectivity index (χ1n) is 5.88. The van der Waals surface area contributed by atoms with Crippen LogP contribution in [0.5, 0.6) is 5.88 Å². The van der Waals surface area contributed by atoms with E-state index in [0.29, 0.717) is 12.4 Å². The Balaban J connectivity index is 2.58. The van der Waals surface area contributed by atoms with E-state index in [0.717, 1.165) is 5.56 Å². The highest BCUT2D eigenvalue weighted by molar-refractivity contribution is 5.75. The van der Waals surface area contributed by atoms with Gasteiger partial charge in [0, 0.05) is 18.8 Å². The Labute approximate surface area is 108 Å². The number of hydrogen-bond acceptors (Lipinski definition) is 5. The molecule has 5 heteroatoms. The van der Waals surface area contributed by atoms with Crippen LogP contribution in [0.1, 0.15) is 19.4 Å². The van der Waals surface area contributed by atoms with Gasteiger partial charge in [-0.05, 0) is 11.5 Å². The first-order valence-corrected chi connectivity index (χ1v) is 5.88. The lowest BCUT2D eigenvalue weighted by atomic mass is 10.0. The van der Waals surface area contributed by atoms with E-state index >= 15 is 0 Å². The first kappa shape index (κ1) is 14.4. The number of rotatable bonds is 6. The lowest BCUT2D eigenvalue weighted by Crippen LogP contribution is -2.41. The molecule has 1 aromatic rings. The normalized spacial score (nSPS) is 12.3. The summed E-state index contributed by atoms with van der Waals surface area (Å²) in [4.78, 5) is 15.7. The quantitative estimate of drug-likeness (QED) is 0.775. The van der Waals surface area contributed by atoms with Gasteiger partial charge in [0.2, 0.25) is 5.88 Å². The Morgan fingerprint density at radius 2 is 2.11 bits per heavy atom. The second kappa shape index (κ2) is 6.96. The van der Waals surface area contributed by atoms with Crippen molar-refractivity contribution in [2.75, 3.05) is 14.2 Å². The van der Waals surface area contributed by atoms with Crippen molar-refractivity contribution in [2.45, 2.75) is 26.4 Å². The average molecular weight is 252 g/mol. The van der Waals surface area contributed by atoms with E-state index in [1.54, 1.807) is 19.4 Å². The zero-order valence-corrected chi connectivity index (χ0v) is 11.3. The molecule has 0 aromatic carbocycles. The van der Waals surface area contributed by atoms with Crippen LogP contribution in [-0.4, -0.2) is 31.2 Å². The number of methoxy groups -OCH3 is 2. The minimum Gasteiger partial charge on any atom is -0.481 e. The van der Waals surface area contributed by atoms with Crippen LogP contribution in [0.2, 0.25) is 0 Å². The van der Waals surface area contributed by atoms with Crippen molar-refractivity contribution < 1.29 is 14.3 Å². The monoisotopic (exact) mass is 252 g/mol. The zero-order valence-electron chi connectivity index (χ0n) is 11.3. The molecule has 100 valence electrons. The van der Waals surface area contributed by atoms with E-state index in [2.05, 4.69) is 10.3 Å². The smallest absolute Gasteiger partial charge is 0.323 e.